The Morgan fingerprint density at radius 2 is 1.79 bits per heavy atom. The van der Waals surface area contributed by atoms with Crippen molar-refractivity contribution in [3.05, 3.63) is 65.2 Å². The Kier molecular flexibility index (Phi) is 6.12. The molecule has 2 aromatic rings. The third-order valence-electron chi connectivity index (χ3n) is 4.27. The van der Waals surface area contributed by atoms with Gasteiger partial charge in [-0.1, -0.05) is 0 Å². The van der Waals surface area contributed by atoms with Crippen LogP contribution in [0.2, 0.25) is 0 Å². The van der Waals surface area contributed by atoms with Crippen molar-refractivity contribution in [2.45, 2.75) is 18.0 Å². The van der Waals surface area contributed by atoms with Crippen molar-refractivity contribution in [2.24, 2.45) is 0 Å². The number of halogens is 5. The number of hydrogen-bond donors (Lipinski definition) is 0. The van der Waals surface area contributed by atoms with Crippen LogP contribution in [-0.4, -0.2) is 36.0 Å². The fourth-order valence-electron chi connectivity index (χ4n) is 2.96. The zero-order valence-electron chi connectivity index (χ0n) is 14.5. The lowest BCUT2D eigenvalue weighted by Crippen LogP contribution is -2.33. The molecule has 3 rings (SSSR count). The lowest BCUT2D eigenvalue weighted by Gasteiger charge is -2.20. The summed E-state index contributed by atoms with van der Waals surface area (Å²) >= 11 is 1.44. The zero-order valence-corrected chi connectivity index (χ0v) is 15.3. The van der Waals surface area contributed by atoms with Crippen molar-refractivity contribution in [1.29, 1.82) is 0 Å². The van der Waals surface area contributed by atoms with Gasteiger partial charge in [0.1, 0.15) is 17.4 Å². The minimum absolute atomic E-state index is 0.231. The maximum Gasteiger partial charge on any atom is 0.573 e. The van der Waals surface area contributed by atoms with Gasteiger partial charge in [-0.25, -0.2) is 8.78 Å². The highest BCUT2D eigenvalue weighted by Gasteiger charge is 2.31. The quantitative estimate of drug-likeness (QED) is 0.645. The van der Waals surface area contributed by atoms with Gasteiger partial charge >= 0.3 is 6.36 Å². The number of thioether (sulfide) groups is 1. The molecule has 28 heavy (non-hydrogen) atoms. The molecule has 0 aromatic heterocycles. The van der Waals surface area contributed by atoms with Gasteiger partial charge in [-0.2, -0.15) is 11.8 Å². The molecular formula is C19H16F5NO2S. The van der Waals surface area contributed by atoms with E-state index in [1.54, 1.807) is 4.90 Å². The van der Waals surface area contributed by atoms with Crippen molar-refractivity contribution in [1.82, 2.24) is 4.90 Å². The molecule has 2 aromatic carbocycles. The number of carbonyl (C=O) groups excluding carboxylic acids is 1. The smallest absolute Gasteiger partial charge is 0.406 e. The number of rotatable bonds is 3. The predicted molar refractivity (Wildman–Crippen MR) is 95.2 cm³/mol. The van der Waals surface area contributed by atoms with E-state index in [9.17, 15) is 26.7 Å². The summed E-state index contributed by atoms with van der Waals surface area (Å²) in [7, 11) is 0. The number of nitrogens with zero attached hydrogens (tertiary/aromatic N) is 1. The Morgan fingerprint density at radius 3 is 2.46 bits per heavy atom. The van der Waals surface area contributed by atoms with E-state index in [2.05, 4.69) is 4.74 Å². The van der Waals surface area contributed by atoms with Crippen molar-refractivity contribution in [3.63, 3.8) is 0 Å². The normalized spacial score (nSPS) is 17.9. The average molecular weight is 417 g/mol. The number of hydrogen-bond acceptors (Lipinski definition) is 3. The van der Waals surface area contributed by atoms with Crippen LogP contribution in [0.3, 0.4) is 0 Å². The monoisotopic (exact) mass is 417 g/mol. The summed E-state index contributed by atoms with van der Waals surface area (Å²) in [5, 5.41) is -0.281. The second kappa shape index (κ2) is 8.38. The SMILES string of the molecule is O=C(c1ccc(OC(F)(F)F)cc1)N1CCS[C@H](c2cc(F)ccc2F)CC1. The third kappa shape index (κ3) is 5.15. The first kappa shape index (κ1) is 20.4. The molecule has 0 aliphatic carbocycles. The fraction of sp³-hybridized carbons (Fsp3) is 0.316. The molecule has 3 nitrogen and oxygen atoms in total. The lowest BCUT2D eigenvalue weighted by molar-refractivity contribution is -0.274. The van der Waals surface area contributed by atoms with Gasteiger partial charge in [-0.15, -0.1) is 13.2 Å². The molecule has 1 saturated heterocycles. The van der Waals surface area contributed by atoms with Gasteiger partial charge in [-0.05, 0) is 48.9 Å². The Labute approximate surface area is 162 Å². The van der Waals surface area contributed by atoms with Gasteiger partial charge < -0.3 is 9.64 Å². The zero-order chi connectivity index (χ0) is 20.3. The number of benzene rings is 2. The molecule has 0 saturated carbocycles. The average Bonchev–Trinajstić information content (AvgIpc) is 2.88. The predicted octanol–water partition coefficient (Wildman–Crippen LogP) is 5.18. The van der Waals surface area contributed by atoms with Crippen LogP contribution in [0.25, 0.3) is 0 Å². The number of alkyl halides is 3. The Morgan fingerprint density at radius 1 is 1.07 bits per heavy atom. The lowest BCUT2D eigenvalue weighted by atomic mass is 10.1. The van der Waals surface area contributed by atoms with E-state index in [1.807, 2.05) is 0 Å². The number of ether oxygens (including phenoxy) is 1. The van der Waals surface area contributed by atoms with Crippen LogP contribution in [0.5, 0.6) is 5.75 Å². The van der Waals surface area contributed by atoms with Crippen LogP contribution in [0, 0.1) is 11.6 Å². The highest BCUT2D eigenvalue weighted by Crippen LogP contribution is 2.36. The van der Waals surface area contributed by atoms with E-state index >= 15 is 0 Å². The van der Waals surface area contributed by atoms with Gasteiger partial charge in [0.15, 0.2) is 0 Å². The highest BCUT2D eigenvalue weighted by atomic mass is 32.2. The van der Waals surface area contributed by atoms with Gasteiger partial charge in [0, 0.05) is 35.2 Å². The summed E-state index contributed by atoms with van der Waals surface area (Å²) in [4.78, 5) is 14.2. The molecule has 1 heterocycles. The van der Waals surface area contributed by atoms with Crippen molar-refractivity contribution in [3.8, 4) is 5.75 Å². The minimum Gasteiger partial charge on any atom is -0.406 e. The van der Waals surface area contributed by atoms with Crippen LogP contribution in [0.4, 0.5) is 22.0 Å². The highest BCUT2D eigenvalue weighted by molar-refractivity contribution is 7.99. The molecule has 0 spiro atoms. The van der Waals surface area contributed by atoms with E-state index in [-0.39, 0.29) is 22.3 Å². The molecule has 1 atom stereocenters. The Bertz CT molecular complexity index is 841. The molecule has 150 valence electrons. The maximum absolute atomic E-state index is 14.0. The van der Waals surface area contributed by atoms with E-state index < -0.39 is 23.7 Å². The molecule has 0 N–H and O–H groups in total. The second-order valence-corrected chi connectivity index (χ2v) is 7.49. The standard InChI is InChI=1S/C19H16F5NO2S/c20-13-3-6-16(21)15(11-13)17-7-8-25(9-10-28-17)18(26)12-1-4-14(5-2-12)27-19(22,23)24/h1-6,11,17H,7-10H2/t17-/m0/s1. The largest absolute Gasteiger partial charge is 0.573 e. The molecular weight excluding hydrogens is 401 g/mol. The molecule has 1 aliphatic rings. The molecule has 9 heteroatoms. The third-order valence-corrected chi connectivity index (χ3v) is 5.58. The van der Waals surface area contributed by atoms with Crippen molar-refractivity contribution in [2.75, 3.05) is 18.8 Å². The topological polar surface area (TPSA) is 29.5 Å². The number of amides is 1. The van der Waals surface area contributed by atoms with E-state index in [1.165, 1.54) is 30.0 Å². The van der Waals surface area contributed by atoms with Crippen LogP contribution >= 0.6 is 11.8 Å². The second-order valence-electron chi connectivity index (χ2n) is 6.18. The molecule has 0 radical (unpaired) electrons. The Hall–Kier alpha value is -2.29. The summed E-state index contributed by atoms with van der Waals surface area (Å²) in [6, 6.07) is 8.02. The first-order valence-corrected chi connectivity index (χ1v) is 9.49. The minimum atomic E-state index is -4.80. The van der Waals surface area contributed by atoms with Gasteiger partial charge in [0.25, 0.3) is 5.91 Å². The summed E-state index contributed by atoms with van der Waals surface area (Å²) < 4.78 is 67.9. The maximum atomic E-state index is 14.0. The molecule has 1 amide bonds. The summed E-state index contributed by atoms with van der Waals surface area (Å²) in [5.74, 6) is -1.22. The fourth-order valence-corrected chi connectivity index (χ4v) is 4.21. The Balaban J connectivity index is 1.66. The molecule has 1 aliphatic heterocycles. The van der Waals surface area contributed by atoms with Gasteiger partial charge in [0.2, 0.25) is 0 Å². The van der Waals surface area contributed by atoms with E-state index in [4.69, 9.17) is 0 Å². The summed E-state index contributed by atoms with van der Waals surface area (Å²) in [6.45, 7) is 0.727. The summed E-state index contributed by atoms with van der Waals surface area (Å²) in [6.07, 6.45) is -4.36. The van der Waals surface area contributed by atoms with E-state index in [0.29, 0.717) is 25.3 Å². The van der Waals surface area contributed by atoms with Crippen LogP contribution in [-0.2, 0) is 0 Å². The van der Waals surface area contributed by atoms with Crippen LogP contribution < -0.4 is 4.74 Å². The van der Waals surface area contributed by atoms with Gasteiger partial charge in [0.05, 0.1) is 0 Å². The van der Waals surface area contributed by atoms with Crippen LogP contribution in [0.15, 0.2) is 42.5 Å². The molecule has 0 unspecified atom stereocenters. The van der Waals surface area contributed by atoms with Crippen LogP contribution in [0.1, 0.15) is 27.6 Å². The molecule has 0 bridgehead atoms. The first-order valence-electron chi connectivity index (χ1n) is 8.44. The summed E-state index contributed by atoms with van der Waals surface area (Å²) in [5.41, 5.74) is 0.503. The molecule has 1 fully saturated rings. The van der Waals surface area contributed by atoms with Gasteiger partial charge in [-0.3, -0.25) is 4.79 Å². The van der Waals surface area contributed by atoms with Crippen molar-refractivity contribution < 1.29 is 31.5 Å². The first-order chi connectivity index (χ1) is 13.2. The van der Waals surface area contributed by atoms with E-state index in [0.717, 1.165) is 24.3 Å². The number of carbonyl (C=O) groups is 1. The van der Waals surface area contributed by atoms with Crippen molar-refractivity contribution >= 4 is 17.7 Å².